The SMILES string of the molecule is CC(C)(C)OC(=O)N1CC=C(c2nnc(-c3cc(Cl)ccc3F)cc2Nc2ccc3ncsc3c2)CC1. The maximum absolute atomic E-state index is 14.6. The van der Waals surface area contributed by atoms with E-state index >= 15 is 0 Å². The fourth-order valence-electron chi connectivity index (χ4n) is 4.01. The van der Waals surface area contributed by atoms with Crippen LogP contribution in [0, 0.1) is 5.82 Å². The zero-order chi connectivity index (χ0) is 26.2. The van der Waals surface area contributed by atoms with Gasteiger partial charge in [-0.2, -0.15) is 0 Å². The molecule has 190 valence electrons. The van der Waals surface area contributed by atoms with Gasteiger partial charge in [0.1, 0.15) is 17.1 Å². The molecule has 7 nitrogen and oxygen atoms in total. The normalized spacial score (nSPS) is 14.0. The van der Waals surface area contributed by atoms with Gasteiger partial charge in [0.25, 0.3) is 0 Å². The highest BCUT2D eigenvalue weighted by Crippen LogP contribution is 2.34. The number of halogens is 2. The van der Waals surface area contributed by atoms with Crippen LogP contribution in [-0.4, -0.2) is 44.9 Å². The fraction of sp³-hybridized carbons (Fsp3) is 0.259. The number of benzene rings is 2. The summed E-state index contributed by atoms with van der Waals surface area (Å²) in [6.07, 6.45) is 2.17. The molecule has 1 aliphatic heterocycles. The van der Waals surface area contributed by atoms with E-state index in [-0.39, 0.29) is 11.7 Å². The highest BCUT2D eigenvalue weighted by Gasteiger charge is 2.25. The lowest BCUT2D eigenvalue weighted by Gasteiger charge is -2.29. The minimum absolute atomic E-state index is 0.265. The summed E-state index contributed by atoms with van der Waals surface area (Å²) in [5, 5.41) is 12.7. The van der Waals surface area contributed by atoms with Gasteiger partial charge in [-0.25, -0.2) is 14.2 Å². The van der Waals surface area contributed by atoms with Crippen LogP contribution in [-0.2, 0) is 4.74 Å². The summed E-state index contributed by atoms with van der Waals surface area (Å²) >= 11 is 7.68. The van der Waals surface area contributed by atoms with Crippen molar-refractivity contribution in [1.29, 1.82) is 0 Å². The Morgan fingerprint density at radius 1 is 1.16 bits per heavy atom. The minimum Gasteiger partial charge on any atom is -0.444 e. The highest BCUT2D eigenvalue weighted by atomic mass is 35.5. The number of ether oxygens (including phenoxy) is 1. The van der Waals surface area contributed by atoms with Gasteiger partial charge in [-0.3, -0.25) is 0 Å². The number of fused-ring (bicyclic) bond motifs is 1. The Morgan fingerprint density at radius 2 is 2.00 bits per heavy atom. The monoisotopic (exact) mass is 537 g/mol. The lowest BCUT2D eigenvalue weighted by Crippen LogP contribution is -2.39. The molecule has 0 saturated heterocycles. The smallest absolute Gasteiger partial charge is 0.410 e. The standard InChI is InChI=1S/C27H25ClFN5O2S/c1-27(2,3)36-26(35)34-10-8-16(9-11-34)25-23(31-18-5-7-21-24(13-18)37-15-30-21)14-22(32-33-25)19-12-17(28)4-6-20(19)29/h4-8,12-15H,9-11H2,1-3H3,(H,31,32). The van der Waals surface area contributed by atoms with Crippen LogP contribution in [0.2, 0.25) is 5.02 Å². The molecule has 37 heavy (non-hydrogen) atoms. The molecule has 1 aliphatic rings. The zero-order valence-electron chi connectivity index (χ0n) is 20.6. The van der Waals surface area contributed by atoms with Crippen molar-refractivity contribution in [1.82, 2.24) is 20.1 Å². The number of amides is 1. The lowest BCUT2D eigenvalue weighted by molar-refractivity contribution is 0.0270. The summed E-state index contributed by atoms with van der Waals surface area (Å²) in [4.78, 5) is 18.5. The van der Waals surface area contributed by atoms with E-state index in [1.165, 1.54) is 18.2 Å². The first-order valence-electron chi connectivity index (χ1n) is 11.8. The van der Waals surface area contributed by atoms with Crippen LogP contribution in [0.3, 0.4) is 0 Å². The van der Waals surface area contributed by atoms with Crippen molar-refractivity contribution >= 4 is 56.2 Å². The second-order valence-electron chi connectivity index (χ2n) is 9.68. The van der Waals surface area contributed by atoms with Crippen molar-refractivity contribution in [2.45, 2.75) is 32.8 Å². The molecule has 0 saturated carbocycles. The molecule has 0 aliphatic carbocycles. The van der Waals surface area contributed by atoms with E-state index in [2.05, 4.69) is 20.5 Å². The third-order valence-corrected chi connectivity index (χ3v) is 6.80. The van der Waals surface area contributed by atoms with Crippen LogP contribution < -0.4 is 5.32 Å². The summed E-state index contributed by atoms with van der Waals surface area (Å²) < 4.78 is 21.2. The Morgan fingerprint density at radius 3 is 2.76 bits per heavy atom. The summed E-state index contributed by atoms with van der Waals surface area (Å²) in [5.74, 6) is -0.437. The first-order chi connectivity index (χ1) is 17.7. The molecule has 5 rings (SSSR count). The average Bonchev–Trinajstić information content (AvgIpc) is 3.33. The Balaban J connectivity index is 1.50. The number of nitrogens with zero attached hydrogens (tertiary/aromatic N) is 4. The molecule has 0 unspecified atom stereocenters. The second-order valence-corrected chi connectivity index (χ2v) is 11.0. The predicted octanol–water partition coefficient (Wildman–Crippen LogP) is 7.31. The third-order valence-electron chi connectivity index (χ3n) is 5.77. The molecule has 3 heterocycles. The van der Waals surface area contributed by atoms with Gasteiger partial charge in [0.15, 0.2) is 0 Å². The van der Waals surface area contributed by atoms with Gasteiger partial charge in [0, 0.05) is 29.4 Å². The Labute approximate surface area is 223 Å². The van der Waals surface area contributed by atoms with Crippen LogP contribution >= 0.6 is 22.9 Å². The lowest BCUT2D eigenvalue weighted by atomic mass is 10.0. The summed E-state index contributed by atoms with van der Waals surface area (Å²) in [6.45, 7) is 6.41. The van der Waals surface area contributed by atoms with Gasteiger partial charge in [0.2, 0.25) is 0 Å². The maximum Gasteiger partial charge on any atom is 0.410 e. The number of anilines is 2. The summed E-state index contributed by atoms with van der Waals surface area (Å²) in [6, 6.07) is 12.0. The Bertz CT molecular complexity index is 1510. The molecule has 0 atom stereocenters. The molecule has 4 aromatic rings. The van der Waals surface area contributed by atoms with E-state index in [0.29, 0.717) is 41.6 Å². The highest BCUT2D eigenvalue weighted by molar-refractivity contribution is 7.16. The quantitative estimate of drug-likeness (QED) is 0.294. The van der Waals surface area contributed by atoms with E-state index in [1.54, 1.807) is 27.8 Å². The minimum atomic E-state index is -0.561. The largest absolute Gasteiger partial charge is 0.444 e. The number of rotatable bonds is 4. The van der Waals surface area contributed by atoms with Crippen LogP contribution in [0.4, 0.5) is 20.6 Å². The predicted molar refractivity (Wildman–Crippen MR) is 146 cm³/mol. The topological polar surface area (TPSA) is 80.2 Å². The molecule has 10 heteroatoms. The van der Waals surface area contributed by atoms with Crippen molar-refractivity contribution in [3.05, 3.63) is 70.6 Å². The van der Waals surface area contributed by atoms with E-state index in [1.807, 2.05) is 45.0 Å². The average molecular weight is 538 g/mol. The summed E-state index contributed by atoms with van der Waals surface area (Å²) in [5.41, 5.74) is 5.87. The van der Waals surface area contributed by atoms with Crippen molar-refractivity contribution in [3.8, 4) is 11.3 Å². The van der Waals surface area contributed by atoms with Gasteiger partial charge in [0.05, 0.1) is 27.1 Å². The first kappa shape index (κ1) is 25.1. The van der Waals surface area contributed by atoms with Crippen LogP contribution in [0.1, 0.15) is 32.9 Å². The van der Waals surface area contributed by atoms with Crippen LogP contribution in [0.15, 0.2) is 54.1 Å². The number of thiazole rings is 1. The molecule has 0 fully saturated rings. The molecule has 0 radical (unpaired) electrons. The molecule has 2 aromatic carbocycles. The van der Waals surface area contributed by atoms with Crippen LogP contribution in [0.5, 0.6) is 0 Å². The number of carbonyl (C=O) groups excluding carboxylic acids is 1. The van der Waals surface area contributed by atoms with Crippen molar-refractivity contribution in [2.24, 2.45) is 0 Å². The van der Waals surface area contributed by atoms with E-state index in [4.69, 9.17) is 16.3 Å². The van der Waals surface area contributed by atoms with Gasteiger partial charge in [-0.05, 0) is 75.2 Å². The fourth-order valence-corrected chi connectivity index (χ4v) is 4.90. The zero-order valence-corrected chi connectivity index (χ0v) is 22.2. The molecule has 2 aromatic heterocycles. The number of aromatic nitrogens is 3. The number of hydrogen-bond acceptors (Lipinski definition) is 7. The Kier molecular flexibility index (Phi) is 6.83. The first-order valence-corrected chi connectivity index (χ1v) is 13.0. The van der Waals surface area contributed by atoms with E-state index < -0.39 is 11.4 Å². The van der Waals surface area contributed by atoms with Gasteiger partial charge >= 0.3 is 6.09 Å². The third kappa shape index (κ3) is 5.73. The molecule has 0 spiro atoms. The number of hydrogen-bond donors (Lipinski definition) is 1. The molecule has 1 N–H and O–H groups in total. The number of nitrogens with one attached hydrogen (secondary N) is 1. The van der Waals surface area contributed by atoms with Crippen molar-refractivity contribution in [3.63, 3.8) is 0 Å². The van der Waals surface area contributed by atoms with Gasteiger partial charge < -0.3 is 15.0 Å². The van der Waals surface area contributed by atoms with Crippen LogP contribution in [0.25, 0.3) is 27.0 Å². The molecular weight excluding hydrogens is 513 g/mol. The molecule has 1 amide bonds. The maximum atomic E-state index is 14.6. The Hall–Kier alpha value is -3.56. The summed E-state index contributed by atoms with van der Waals surface area (Å²) in [7, 11) is 0. The van der Waals surface area contributed by atoms with Gasteiger partial charge in [-0.15, -0.1) is 21.5 Å². The van der Waals surface area contributed by atoms with Crippen molar-refractivity contribution < 1.29 is 13.9 Å². The molecular formula is C27H25ClFN5O2S. The van der Waals surface area contributed by atoms with E-state index in [0.717, 1.165) is 21.5 Å². The van der Waals surface area contributed by atoms with Gasteiger partial charge in [-0.1, -0.05) is 17.7 Å². The van der Waals surface area contributed by atoms with E-state index in [9.17, 15) is 9.18 Å². The second kappa shape index (κ2) is 10.1. The van der Waals surface area contributed by atoms with Crippen molar-refractivity contribution in [2.75, 3.05) is 18.4 Å². The number of carbonyl (C=O) groups is 1. The molecule has 0 bridgehead atoms.